The normalized spacial score (nSPS) is 17.2. The Kier molecular flexibility index (Phi) is 7.83. The fraction of sp³-hybridized carbons (Fsp3) is 0.429. The van der Waals surface area contributed by atoms with Crippen LogP contribution in [0, 0.1) is 5.92 Å². The van der Waals surface area contributed by atoms with Crippen LogP contribution in [0.5, 0.6) is 0 Å². The van der Waals surface area contributed by atoms with Crippen molar-refractivity contribution in [3.63, 3.8) is 0 Å². The van der Waals surface area contributed by atoms with Crippen LogP contribution in [0.25, 0.3) is 10.9 Å². The first kappa shape index (κ1) is 26.4. The van der Waals surface area contributed by atoms with Gasteiger partial charge in [0.05, 0.1) is 10.8 Å². The minimum Gasteiger partial charge on any atom is -0.452 e. The molecular weight excluding hydrogens is 504 g/mol. The third-order valence-electron chi connectivity index (χ3n) is 7.43. The lowest BCUT2D eigenvalue weighted by Crippen LogP contribution is -2.46. The van der Waals surface area contributed by atoms with Gasteiger partial charge in [0.2, 0.25) is 10.0 Å². The summed E-state index contributed by atoms with van der Waals surface area (Å²) in [5, 5.41) is 4.24. The van der Waals surface area contributed by atoms with Gasteiger partial charge in [-0.3, -0.25) is 9.59 Å². The monoisotopic (exact) mass is 538 g/mol. The summed E-state index contributed by atoms with van der Waals surface area (Å²) in [6.45, 7) is 4.26. The molecule has 202 valence electrons. The third-order valence-corrected chi connectivity index (χ3v) is 8.98. The number of carbonyl (C=O) groups excluding carboxylic acids is 2. The predicted molar refractivity (Wildman–Crippen MR) is 144 cm³/mol. The summed E-state index contributed by atoms with van der Waals surface area (Å²) < 4.78 is 33.5. The van der Waals surface area contributed by atoms with Gasteiger partial charge in [0.1, 0.15) is 0 Å². The van der Waals surface area contributed by atoms with Crippen LogP contribution in [0.15, 0.2) is 53.6 Å². The number of nitrogens with zero attached hydrogens (tertiary/aromatic N) is 1. The summed E-state index contributed by atoms with van der Waals surface area (Å²) in [4.78, 5) is 32.1. The van der Waals surface area contributed by atoms with Crippen LogP contribution in [-0.4, -0.2) is 62.5 Å². The second-order valence-corrected chi connectivity index (χ2v) is 11.7. The van der Waals surface area contributed by atoms with Gasteiger partial charge in [-0.25, -0.2) is 13.1 Å². The van der Waals surface area contributed by atoms with Crippen molar-refractivity contribution in [2.75, 3.05) is 26.2 Å². The highest BCUT2D eigenvalue weighted by atomic mass is 32.2. The molecule has 1 fully saturated rings. The van der Waals surface area contributed by atoms with Crippen LogP contribution >= 0.6 is 0 Å². The molecule has 0 saturated carbocycles. The van der Waals surface area contributed by atoms with E-state index in [1.807, 2.05) is 36.5 Å². The number of hydrogen-bond acceptors (Lipinski definition) is 6. The van der Waals surface area contributed by atoms with Crippen molar-refractivity contribution in [2.45, 2.75) is 50.2 Å². The summed E-state index contributed by atoms with van der Waals surface area (Å²) >= 11 is 0. The molecule has 10 heteroatoms. The number of hydrogen-bond donors (Lipinski definition) is 3. The highest BCUT2D eigenvalue weighted by Crippen LogP contribution is 2.26. The SMILES string of the molecule is CCNS(=O)(=O)c1ccc2c(c1)CN(C(=O)C(Cc1c[nH]c3ccccc13)OC(=O)C1CCNCC1)CC2. The maximum absolute atomic E-state index is 13.9. The molecule has 0 bridgehead atoms. The lowest BCUT2D eigenvalue weighted by atomic mass is 9.97. The van der Waals surface area contributed by atoms with Gasteiger partial charge in [-0.15, -0.1) is 0 Å². The number of amides is 1. The van der Waals surface area contributed by atoms with Crippen molar-refractivity contribution in [1.82, 2.24) is 19.9 Å². The number of esters is 1. The molecule has 0 spiro atoms. The van der Waals surface area contributed by atoms with Gasteiger partial charge in [-0.05, 0) is 67.2 Å². The zero-order valence-electron chi connectivity index (χ0n) is 21.5. The molecule has 1 unspecified atom stereocenters. The molecule has 3 heterocycles. The van der Waals surface area contributed by atoms with Crippen molar-refractivity contribution >= 4 is 32.8 Å². The van der Waals surface area contributed by atoms with Gasteiger partial charge in [0.25, 0.3) is 5.91 Å². The van der Waals surface area contributed by atoms with E-state index in [2.05, 4.69) is 15.0 Å². The molecule has 5 rings (SSSR count). The Morgan fingerprint density at radius 1 is 1.13 bits per heavy atom. The molecule has 9 nitrogen and oxygen atoms in total. The first-order chi connectivity index (χ1) is 18.4. The Labute approximate surface area is 223 Å². The van der Waals surface area contributed by atoms with Crippen LogP contribution in [0.1, 0.15) is 36.5 Å². The maximum Gasteiger partial charge on any atom is 0.309 e. The van der Waals surface area contributed by atoms with Gasteiger partial charge >= 0.3 is 5.97 Å². The van der Waals surface area contributed by atoms with Crippen LogP contribution in [0.3, 0.4) is 0 Å². The summed E-state index contributed by atoms with van der Waals surface area (Å²) in [5.74, 6) is -0.820. The zero-order valence-corrected chi connectivity index (χ0v) is 22.4. The lowest BCUT2D eigenvalue weighted by Gasteiger charge is -2.32. The van der Waals surface area contributed by atoms with E-state index in [0.29, 0.717) is 32.4 Å². The number of aromatic amines is 1. The Bertz CT molecular complexity index is 1430. The molecule has 2 aliphatic heterocycles. The fourth-order valence-corrected chi connectivity index (χ4v) is 6.43. The van der Waals surface area contributed by atoms with Crippen LogP contribution in [0.4, 0.5) is 0 Å². The summed E-state index contributed by atoms with van der Waals surface area (Å²) in [5.41, 5.74) is 3.68. The lowest BCUT2D eigenvalue weighted by molar-refractivity contribution is -0.164. The number of carbonyl (C=O) groups is 2. The molecule has 1 aromatic heterocycles. The Morgan fingerprint density at radius 3 is 2.71 bits per heavy atom. The number of nitrogens with one attached hydrogen (secondary N) is 3. The number of rotatable bonds is 8. The van der Waals surface area contributed by atoms with Crippen molar-refractivity contribution in [1.29, 1.82) is 0 Å². The van der Waals surface area contributed by atoms with Crippen LogP contribution in [-0.2, 0) is 43.7 Å². The number of piperidine rings is 1. The van der Waals surface area contributed by atoms with E-state index < -0.39 is 16.1 Å². The zero-order chi connectivity index (χ0) is 26.7. The topological polar surface area (TPSA) is 121 Å². The maximum atomic E-state index is 13.9. The van der Waals surface area contributed by atoms with Crippen molar-refractivity contribution in [3.05, 3.63) is 65.4 Å². The molecule has 0 radical (unpaired) electrons. The fourth-order valence-electron chi connectivity index (χ4n) is 5.34. The standard InChI is InChI=1S/C28H34N4O5S/c1-2-31-38(35,36)23-8-7-19-11-14-32(18-22(19)15-23)27(33)26(37-28(34)20-9-12-29-13-10-20)16-21-17-30-25-6-4-3-5-24(21)25/h3-8,15,17,20,26,29-31H,2,9-14,16,18H2,1H3. The van der Waals surface area contributed by atoms with Crippen molar-refractivity contribution in [3.8, 4) is 0 Å². The quantitative estimate of drug-likeness (QED) is 0.379. The molecule has 1 atom stereocenters. The predicted octanol–water partition coefficient (Wildman–Crippen LogP) is 2.50. The Balaban J connectivity index is 1.39. The Morgan fingerprint density at radius 2 is 1.92 bits per heavy atom. The Hall–Kier alpha value is -3.21. The number of ether oxygens (including phenoxy) is 1. The summed E-state index contributed by atoms with van der Waals surface area (Å²) in [6, 6.07) is 12.9. The molecule has 1 amide bonds. The van der Waals surface area contributed by atoms with E-state index >= 15 is 0 Å². The van der Waals surface area contributed by atoms with Crippen molar-refractivity contribution in [2.24, 2.45) is 5.92 Å². The summed E-state index contributed by atoms with van der Waals surface area (Å²) in [7, 11) is -3.61. The first-order valence-corrected chi connectivity index (χ1v) is 14.7. The van der Waals surface area contributed by atoms with Gasteiger partial charge in [-0.1, -0.05) is 31.2 Å². The van der Waals surface area contributed by atoms with Crippen LogP contribution in [0.2, 0.25) is 0 Å². The van der Waals surface area contributed by atoms with E-state index in [1.54, 1.807) is 24.0 Å². The van der Waals surface area contributed by atoms with Gasteiger partial charge in [-0.2, -0.15) is 0 Å². The van der Waals surface area contributed by atoms with Gasteiger partial charge in [0, 0.05) is 43.2 Å². The van der Waals surface area contributed by atoms with E-state index in [0.717, 1.165) is 40.7 Å². The number of aromatic nitrogens is 1. The molecule has 2 aromatic carbocycles. The number of para-hydroxylation sites is 1. The van der Waals surface area contributed by atoms with E-state index in [9.17, 15) is 18.0 Å². The second kappa shape index (κ2) is 11.3. The number of benzene rings is 2. The average Bonchev–Trinajstić information content (AvgIpc) is 3.34. The molecule has 3 N–H and O–H groups in total. The molecule has 0 aliphatic carbocycles. The van der Waals surface area contributed by atoms with E-state index in [4.69, 9.17) is 4.74 Å². The summed E-state index contributed by atoms with van der Waals surface area (Å²) in [6.07, 6.45) is 3.14. The molecule has 1 saturated heterocycles. The number of H-pyrrole nitrogens is 1. The van der Waals surface area contributed by atoms with Gasteiger partial charge < -0.3 is 19.9 Å². The highest BCUT2D eigenvalue weighted by molar-refractivity contribution is 7.89. The molecule has 3 aromatic rings. The van der Waals surface area contributed by atoms with Crippen molar-refractivity contribution < 1.29 is 22.7 Å². The highest BCUT2D eigenvalue weighted by Gasteiger charge is 2.34. The first-order valence-electron chi connectivity index (χ1n) is 13.2. The average molecular weight is 539 g/mol. The van der Waals surface area contributed by atoms with Gasteiger partial charge in [0.15, 0.2) is 6.10 Å². The molecule has 38 heavy (non-hydrogen) atoms. The van der Waals surface area contributed by atoms with E-state index in [1.165, 1.54) is 0 Å². The molecular formula is C28H34N4O5S. The minimum absolute atomic E-state index is 0.181. The third kappa shape index (κ3) is 5.62. The molecule has 2 aliphatic rings. The number of fused-ring (bicyclic) bond motifs is 2. The smallest absolute Gasteiger partial charge is 0.309 e. The van der Waals surface area contributed by atoms with E-state index in [-0.39, 0.29) is 35.7 Å². The number of sulfonamides is 1. The second-order valence-electron chi connectivity index (χ2n) is 9.96. The van der Waals surface area contributed by atoms with Crippen LogP contribution < -0.4 is 10.0 Å². The minimum atomic E-state index is -3.61. The largest absolute Gasteiger partial charge is 0.452 e.